The highest BCUT2D eigenvalue weighted by molar-refractivity contribution is 6.09. The number of Topliss-reactive ketones (excluding diaryl/α,β-unsaturated/α-hetero) is 14. The summed E-state index contributed by atoms with van der Waals surface area (Å²) in [5.41, 5.74) is 29.9. The molecule has 147 heavy (non-hydrogen) atoms. The molecule has 7 aliphatic rings. The number of aryl methyl sites for hydroxylation is 7. The van der Waals surface area contributed by atoms with Gasteiger partial charge in [-0.3, -0.25) is 133 Å². The molecule has 7 atom stereocenters. The SMILES string of the molecule is [2H]C([2H])c1nc2cccc(N)c2c(=O)n1C1([2H])C(=O)CC(=O)C([2H])([2H])C1([2H])[2H].[2H]C([2H])c1nc2cccc(N)c2c(=O)n1C1C(=O)CC(=O)C([2H])([2H])C1([2H])[2H].[2H]Cc1nc2c([2H])c([2H])c([2H])c(N)c2c(=O)n1C1([2H])C(=O)CC(=O)C([2H])([2H])C1([2H])[2H].[2H]Cc1nc2c([2H])c([2H])c([2H])c(N)c2c(=O)n1C1C(=O)CC(=O)C([2H])([2H])C1([2H])[2H].[2H]Cc1nc2cccc(N)c2c(=O)n1C1([2H])C(=O)CC(=O)C([2H])([2H])C1([2H])[2H].[2H]Cc1nc2cccc(N)c2c(=O)n1C1C(=O)CC(=O)C([2H])([2H])C1([2H])[2H].[2H]c1c([2H])c(N)c2c(=O)n(C3C(=O)CC(=O)C([2H])([2H])C3([2H])[2H])c(C([2H])[2H])nc2c1[2H]. The lowest BCUT2D eigenvalue weighted by Crippen LogP contribution is -2.36. The van der Waals surface area contributed by atoms with Gasteiger partial charge in [0.25, 0.3) is 38.9 Å². The van der Waals surface area contributed by atoms with Crippen LogP contribution in [-0.2, 0) is 67.1 Å². The molecule has 756 valence electrons. The lowest BCUT2D eigenvalue weighted by molar-refractivity contribution is -0.133. The van der Waals surface area contributed by atoms with Crippen LogP contribution < -0.4 is 79.1 Å². The van der Waals surface area contributed by atoms with Gasteiger partial charge in [-0.2, -0.15) is 0 Å². The fourth-order valence-electron chi connectivity index (χ4n) is 15.1. The Hall–Kier alpha value is -17.5. The Balaban J connectivity index is 0.000000165. The molecule has 7 fully saturated rings. The van der Waals surface area contributed by atoms with Gasteiger partial charge in [0.1, 0.15) is 81.3 Å². The topological polar surface area (TPSA) is 665 Å². The molecule has 7 unspecified atom stereocenters. The maximum atomic E-state index is 13.3. The molecule has 7 saturated carbocycles. The van der Waals surface area contributed by atoms with Crippen molar-refractivity contribution >= 4 is 197 Å². The molecule has 0 bridgehead atoms. The number of carbonyl (C=O) groups excluding carboxylic acids is 14. The quantitative estimate of drug-likeness (QED) is 0.0585. The molecule has 14 aromatic rings. The van der Waals surface area contributed by atoms with Crippen molar-refractivity contribution in [1.82, 2.24) is 66.9 Å². The summed E-state index contributed by atoms with van der Waals surface area (Å²) < 4.78 is 398. The van der Waals surface area contributed by atoms with Gasteiger partial charge in [0, 0.05) is 137 Å². The average Bonchev–Trinajstić information content (AvgIpc) is 0.688. The van der Waals surface area contributed by atoms with Crippen molar-refractivity contribution in [2.24, 2.45) is 0 Å². The van der Waals surface area contributed by atoms with E-state index < -0.39 is 478 Å². The van der Waals surface area contributed by atoms with Crippen molar-refractivity contribution in [1.29, 1.82) is 0 Å². The van der Waals surface area contributed by atoms with Gasteiger partial charge in [0.05, 0.1) is 180 Å². The highest BCUT2D eigenvalue weighted by Crippen LogP contribution is 2.35. The van der Waals surface area contributed by atoms with Gasteiger partial charge in [0.2, 0.25) is 0 Å². The van der Waals surface area contributed by atoms with Crippen LogP contribution in [0.5, 0.6) is 0 Å². The largest absolute Gasteiger partial charge is 0.398 e. The second-order valence-electron chi connectivity index (χ2n) is 31.5. The van der Waals surface area contributed by atoms with Gasteiger partial charge in [-0.25, -0.2) is 34.9 Å². The second-order valence-corrected chi connectivity index (χ2v) is 31.5. The number of anilines is 7. The van der Waals surface area contributed by atoms with Gasteiger partial charge < -0.3 is 40.1 Å². The van der Waals surface area contributed by atoms with E-state index in [9.17, 15) is 101 Å². The number of aromatic nitrogens is 14. The van der Waals surface area contributed by atoms with Crippen LogP contribution in [0.4, 0.5) is 39.8 Å². The van der Waals surface area contributed by atoms with Crippen molar-refractivity contribution in [3.8, 4) is 0 Å². The predicted octanol–water partition coefficient (Wildman–Crippen LogP) is 8.05. The fourth-order valence-corrected chi connectivity index (χ4v) is 15.1. The summed E-state index contributed by atoms with van der Waals surface area (Å²) in [5, 5.41) is -2.36. The van der Waals surface area contributed by atoms with E-state index >= 15 is 0 Å². The summed E-state index contributed by atoms with van der Waals surface area (Å²) in [6, 6.07) is -6.53. The molecule has 7 heterocycles. The van der Waals surface area contributed by atoms with Crippen molar-refractivity contribution in [3.63, 3.8) is 0 Å². The van der Waals surface area contributed by atoms with Crippen molar-refractivity contribution in [2.75, 3.05) is 40.1 Å². The minimum Gasteiger partial charge on any atom is -0.398 e. The third kappa shape index (κ3) is 21.2. The van der Waals surface area contributed by atoms with Crippen molar-refractivity contribution in [2.45, 2.75) is 225 Å². The molecule has 0 saturated heterocycles. The van der Waals surface area contributed by atoms with Crippen LogP contribution in [-0.4, -0.2) is 148 Å². The lowest BCUT2D eigenvalue weighted by atomic mass is 9.92. The van der Waals surface area contributed by atoms with E-state index in [1.54, 1.807) is 6.07 Å². The van der Waals surface area contributed by atoms with E-state index in [1.807, 2.05) is 0 Å². The maximum absolute atomic E-state index is 13.3. The molecule has 14 N–H and O–H groups in total. The molecule has 0 amide bonds. The number of rotatable bonds is 7. The van der Waals surface area contributed by atoms with E-state index in [2.05, 4.69) is 34.9 Å². The van der Waals surface area contributed by atoms with Crippen LogP contribution in [0, 0.1) is 48.2 Å². The molecule has 0 spiro atoms. The van der Waals surface area contributed by atoms with Crippen LogP contribution >= 0.6 is 0 Å². The smallest absolute Gasteiger partial charge is 0.264 e. The number of carbonyl (C=O) groups is 14. The van der Waals surface area contributed by atoms with Gasteiger partial charge in [-0.15, -0.1) is 0 Å². The van der Waals surface area contributed by atoms with Crippen LogP contribution in [0.15, 0.2) is 161 Å². The highest BCUT2D eigenvalue weighted by atomic mass is 16.2. The number of hydrogen-bond donors (Lipinski definition) is 7. The third-order valence-electron chi connectivity index (χ3n) is 21.8. The Kier molecular flexibility index (Phi) is 16.7. The Morgan fingerprint density at radius 1 is 0.245 bits per heavy atom. The Morgan fingerprint density at radius 3 is 0.687 bits per heavy atom. The normalized spacial score (nSPS) is 30.5. The molecular weight excluding hydrogens is 1890 g/mol. The molecule has 7 aromatic carbocycles. The number of nitrogens with zero attached hydrogens (tertiary/aromatic N) is 14. The van der Waals surface area contributed by atoms with Gasteiger partial charge in [-0.05, 0) is 178 Å². The summed E-state index contributed by atoms with van der Waals surface area (Å²) in [4.78, 5) is 291. The standard InChI is InChI=1S/7C15H15N3O3/c7*1-8-17-11-4-2-3-10(16)14(11)15(21)18(8)12-6-5-9(19)7-13(12)20/h7*2-4,12H,5-7,16H2,1H3/i1D,2D,3D,4D,5D2,6D2,12D;1D2,2D,3D,4D,5D2,6D2;1D,2D,3D,4D,5D2,6D2;1D2,5D2,6D2,12D;1D,5D2,6D2,12D;1D2,5D2,6D2;1D,5D2,6D2. The number of hydrogen-bond acceptors (Lipinski definition) is 35. The Labute approximate surface area is 903 Å². The van der Waals surface area contributed by atoms with Gasteiger partial charge in [0.15, 0.2) is 40.5 Å². The zero-order valence-electron chi connectivity index (χ0n) is 125. The highest BCUT2D eigenvalue weighted by Gasteiger charge is 2.39. The molecule has 7 aliphatic carbocycles. The molecule has 42 nitrogen and oxygen atoms in total. The van der Waals surface area contributed by atoms with E-state index in [0.29, 0.717) is 22.8 Å². The van der Waals surface area contributed by atoms with E-state index in [4.69, 9.17) is 109 Å². The third-order valence-corrected chi connectivity index (χ3v) is 21.8. The minimum absolute atomic E-state index is 0.000262. The minimum atomic E-state index is -3.53. The van der Waals surface area contributed by atoms with Crippen molar-refractivity contribution < 1.29 is 136 Å². The Morgan fingerprint density at radius 2 is 0.435 bits per heavy atom. The van der Waals surface area contributed by atoms with Gasteiger partial charge in [-0.1, -0.05) is 42.4 Å². The summed E-state index contributed by atoms with van der Waals surface area (Å²) in [6.45, 7) is -8.78. The van der Waals surface area contributed by atoms with E-state index in [0.717, 1.165) is 0 Å². The molecule has 42 heteroatoms. The second kappa shape index (κ2) is 43.0. The molecule has 7 aromatic heterocycles. The summed E-state index contributed by atoms with van der Waals surface area (Å²) in [5.74, 6) is -21.1. The average molecular weight is 2050 g/mol. The first-order valence-corrected chi connectivity index (χ1v) is 42.0. The molecule has 0 radical (unpaired) electrons. The summed E-state index contributed by atoms with van der Waals surface area (Å²) in [6.07, 6.45) is -52.0. The zero-order chi connectivity index (χ0) is 149. The number of nitrogens with two attached hydrogens (primary N) is 7. The molecule has 21 rings (SSSR count). The first-order chi connectivity index (χ1) is 90.2. The first kappa shape index (κ1) is 57.1. The summed E-state index contributed by atoms with van der Waals surface area (Å²) in [7, 11) is 0. The zero-order valence-corrected chi connectivity index (χ0v) is 75.1. The Bertz CT molecular complexity index is 11100. The lowest BCUT2D eigenvalue weighted by Gasteiger charge is -2.24. The molecular formula is C105H105N21O21. The molecule has 0 aliphatic heterocycles. The predicted molar refractivity (Wildman–Crippen MR) is 546 cm³/mol. The van der Waals surface area contributed by atoms with Crippen LogP contribution in [0.3, 0.4) is 0 Å². The number of nitrogen functional groups attached to an aromatic ring is 7. The first-order valence-electron chi connectivity index (χ1n) is 68.3. The van der Waals surface area contributed by atoms with Crippen LogP contribution in [0.2, 0.25) is 0 Å². The van der Waals surface area contributed by atoms with Crippen LogP contribution in [0.1, 0.15) is 286 Å². The maximum Gasteiger partial charge on any atom is 0.264 e. The van der Waals surface area contributed by atoms with E-state index in [1.165, 1.54) is 66.7 Å². The number of ketones is 14. The fraction of sp³-hybridized carbons (Fsp3) is 0.333. The van der Waals surface area contributed by atoms with Crippen molar-refractivity contribution in [3.05, 3.63) is 240 Å². The number of benzene rings is 7. The van der Waals surface area contributed by atoms with Crippen LogP contribution in [0.25, 0.3) is 76.3 Å². The van der Waals surface area contributed by atoms with Gasteiger partial charge >= 0.3 is 0 Å². The van der Waals surface area contributed by atoms with E-state index in [-0.39, 0.29) is 86.8 Å². The summed E-state index contributed by atoms with van der Waals surface area (Å²) >= 11 is 0. The number of fused-ring (bicyclic) bond motifs is 7. The monoisotopic (exact) mass is 2050 g/mol.